The predicted octanol–water partition coefficient (Wildman–Crippen LogP) is 3.90. The average Bonchev–Trinajstić information content (AvgIpc) is 3.15. The predicted molar refractivity (Wildman–Crippen MR) is 110 cm³/mol. The van der Waals surface area contributed by atoms with Crippen molar-refractivity contribution in [1.29, 1.82) is 0 Å². The molecule has 0 atom stereocenters. The van der Waals surface area contributed by atoms with E-state index in [1.165, 1.54) is 4.68 Å². The summed E-state index contributed by atoms with van der Waals surface area (Å²) in [4.78, 5) is 17.7. The van der Waals surface area contributed by atoms with Crippen molar-refractivity contribution < 1.29 is 14.2 Å². The number of aromatic nitrogens is 2. The van der Waals surface area contributed by atoms with Gasteiger partial charge in [0.15, 0.2) is 11.5 Å². The molecule has 0 spiro atoms. The topological polar surface area (TPSA) is 74.9 Å². The van der Waals surface area contributed by atoms with Gasteiger partial charge in [0.05, 0.1) is 24.2 Å². The van der Waals surface area contributed by atoms with Crippen LogP contribution in [0.1, 0.15) is 31.2 Å². The minimum Gasteiger partial charge on any atom is -0.493 e. The number of methoxy groups -OCH3 is 1. The highest BCUT2D eigenvalue weighted by atomic mass is 79.9. The van der Waals surface area contributed by atoms with E-state index >= 15 is 0 Å². The quantitative estimate of drug-likeness (QED) is 0.571. The third-order valence-electron chi connectivity index (χ3n) is 4.35. The molecule has 1 aromatic heterocycles. The zero-order chi connectivity index (χ0) is 19.8. The van der Waals surface area contributed by atoms with Crippen LogP contribution < -0.4 is 19.8 Å². The number of hydrogen-bond acceptors (Lipinski definition) is 6. The summed E-state index contributed by atoms with van der Waals surface area (Å²) < 4.78 is 18.4. The minimum atomic E-state index is -0.223. The molecule has 0 radical (unpaired) electrons. The van der Waals surface area contributed by atoms with E-state index in [9.17, 15) is 4.79 Å². The summed E-state index contributed by atoms with van der Waals surface area (Å²) in [6, 6.07) is 9.01. The zero-order valence-corrected chi connectivity index (χ0v) is 17.2. The molecule has 0 aliphatic carbocycles. The van der Waals surface area contributed by atoms with Crippen LogP contribution in [0.5, 0.6) is 17.2 Å². The third kappa shape index (κ3) is 3.24. The van der Waals surface area contributed by atoms with Crippen molar-refractivity contribution in [3.8, 4) is 17.2 Å². The second kappa shape index (κ2) is 7.27. The van der Waals surface area contributed by atoms with Crippen molar-refractivity contribution in [2.75, 3.05) is 13.9 Å². The first-order valence-corrected chi connectivity index (χ1v) is 9.51. The first kappa shape index (κ1) is 18.5. The standard InChI is InChI=1S/C20H18BrN3O4/c1-11(2)19-23-15-5-4-13(21)8-14(15)20(25)24(19)22-9-12-6-16(26-3)18-17(7-12)27-10-28-18/h4-9,11H,10H2,1-3H3. The molecule has 0 unspecified atom stereocenters. The van der Waals surface area contributed by atoms with Gasteiger partial charge in [-0.2, -0.15) is 9.78 Å². The first-order chi connectivity index (χ1) is 13.5. The van der Waals surface area contributed by atoms with Crippen LogP contribution in [0.3, 0.4) is 0 Å². The van der Waals surface area contributed by atoms with Crippen LogP contribution in [0.15, 0.2) is 44.7 Å². The largest absolute Gasteiger partial charge is 0.493 e. The molecule has 1 aliphatic heterocycles. The van der Waals surface area contributed by atoms with Crippen molar-refractivity contribution in [3.63, 3.8) is 0 Å². The van der Waals surface area contributed by atoms with Crippen LogP contribution in [0.2, 0.25) is 0 Å². The molecule has 144 valence electrons. The van der Waals surface area contributed by atoms with Gasteiger partial charge in [-0.15, -0.1) is 0 Å². The van der Waals surface area contributed by atoms with E-state index in [1.807, 2.05) is 26.0 Å². The van der Waals surface area contributed by atoms with Gasteiger partial charge in [0.2, 0.25) is 12.5 Å². The van der Waals surface area contributed by atoms with Crippen molar-refractivity contribution in [2.24, 2.45) is 5.10 Å². The molecular formula is C20H18BrN3O4. The molecule has 3 aromatic rings. The Kier molecular flexibility index (Phi) is 4.80. The Morgan fingerprint density at radius 2 is 2.11 bits per heavy atom. The number of rotatable bonds is 4. The Labute approximate surface area is 169 Å². The Morgan fingerprint density at radius 1 is 1.29 bits per heavy atom. The zero-order valence-electron chi connectivity index (χ0n) is 15.6. The van der Waals surface area contributed by atoms with Crippen LogP contribution in [0, 0.1) is 0 Å². The molecule has 0 amide bonds. The summed E-state index contributed by atoms with van der Waals surface area (Å²) in [6.07, 6.45) is 1.59. The highest BCUT2D eigenvalue weighted by molar-refractivity contribution is 9.10. The lowest BCUT2D eigenvalue weighted by molar-refractivity contribution is 0.171. The van der Waals surface area contributed by atoms with Gasteiger partial charge in [0.25, 0.3) is 5.56 Å². The van der Waals surface area contributed by atoms with Gasteiger partial charge in [-0.3, -0.25) is 4.79 Å². The van der Waals surface area contributed by atoms with Gasteiger partial charge in [-0.05, 0) is 30.3 Å². The normalized spacial score (nSPS) is 13.0. The maximum absolute atomic E-state index is 13.1. The molecule has 0 saturated carbocycles. The third-order valence-corrected chi connectivity index (χ3v) is 4.85. The van der Waals surface area contributed by atoms with E-state index in [0.29, 0.717) is 34.0 Å². The van der Waals surface area contributed by atoms with E-state index in [4.69, 9.17) is 14.2 Å². The molecule has 8 heteroatoms. The Hall–Kier alpha value is -2.87. The minimum absolute atomic E-state index is 0.0178. The van der Waals surface area contributed by atoms with Gasteiger partial charge in [0.1, 0.15) is 5.82 Å². The summed E-state index contributed by atoms with van der Waals surface area (Å²) in [6.45, 7) is 4.09. The number of hydrogen-bond donors (Lipinski definition) is 0. The van der Waals surface area contributed by atoms with Crippen LogP contribution in [-0.2, 0) is 0 Å². The van der Waals surface area contributed by atoms with E-state index in [1.54, 1.807) is 31.5 Å². The Bertz CT molecular complexity index is 1150. The molecule has 2 aromatic carbocycles. The molecule has 7 nitrogen and oxygen atoms in total. The second-order valence-electron chi connectivity index (χ2n) is 6.60. The maximum Gasteiger partial charge on any atom is 0.282 e. The van der Waals surface area contributed by atoms with Crippen molar-refractivity contribution in [1.82, 2.24) is 9.66 Å². The lowest BCUT2D eigenvalue weighted by Crippen LogP contribution is -2.23. The summed E-state index contributed by atoms with van der Waals surface area (Å²) in [5.41, 5.74) is 1.14. The Morgan fingerprint density at radius 3 is 2.86 bits per heavy atom. The van der Waals surface area contributed by atoms with E-state index in [2.05, 4.69) is 26.0 Å². The first-order valence-electron chi connectivity index (χ1n) is 8.72. The van der Waals surface area contributed by atoms with Crippen molar-refractivity contribution in [2.45, 2.75) is 19.8 Å². The lowest BCUT2D eigenvalue weighted by atomic mass is 10.2. The number of ether oxygens (including phenoxy) is 3. The summed E-state index contributed by atoms with van der Waals surface area (Å²) in [5.74, 6) is 2.30. The van der Waals surface area contributed by atoms with Gasteiger partial charge in [-0.1, -0.05) is 29.8 Å². The van der Waals surface area contributed by atoms with Gasteiger partial charge < -0.3 is 14.2 Å². The van der Waals surface area contributed by atoms with Gasteiger partial charge in [0, 0.05) is 16.0 Å². The monoisotopic (exact) mass is 443 g/mol. The molecule has 0 saturated heterocycles. The van der Waals surface area contributed by atoms with Crippen molar-refractivity contribution in [3.05, 3.63) is 56.5 Å². The second-order valence-corrected chi connectivity index (χ2v) is 7.52. The fourth-order valence-electron chi connectivity index (χ4n) is 3.00. The molecule has 28 heavy (non-hydrogen) atoms. The number of nitrogens with zero attached hydrogens (tertiary/aromatic N) is 3. The highest BCUT2D eigenvalue weighted by Crippen LogP contribution is 2.41. The van der Waals surface area contributed by atoms with E-state index in [0.717, 1.165) is 10.0 Å². The molecule has 0 fully saturated rings. The molecular weight excluding hydrogens is 426 g/mol. The van der Waals surface area contributed by atoms with Crippen LogP contribution in [0.25, 0.3) is 10.9 Å². The van der Waals surface area contributed by atoms with E-state index < -0.39 is 0 Å². The van der Waals surface area contributed by atoms with Crippen LogP contribution in [-0.4, -0.2) is 29.8 Å². The fraction of sp³-hybridized carbons (Fsp3) is 0.250. The molecule has 2 heterocycles. The number of halogens is 1. The number of benzene rings is 2. The summed E-state index contributed by atoms with van der Waals surface area (Å²) >= 11 is 3.40. The maximum atomic E-state index is 13.1. The van der Waals surface area contributed by atoms with Gasteiger partial charge >= 0.3 is 0 Å². The Balaban J connectivity index is 1.84. The van der Waals surface area contributed by atoms with E-state index in [-0.39, 0.29) is 18.3 Å². The highest BCUT2D eigenvalue weighted by Gasteiger charge is 2.20. The van der Waals surface area contributed by atoms with Crippen LogP contribution in [0.4, 0.5) is 0 Å². The lowest BCUT2D eigenvalue weighted by Gasteiger charge is -2.12. The number of fused-ring (bicyclic) bond motifs is 2. The molecule has 0 bridgehead atoms. The smallest absolute Gasteiger partial charge is 0.282 e. The van der Waals surface area contributed by atoms with Crippen LogP contribution >= 0.6 is 15.9 Å². The SMILES string of the molecule is COc1cc(C=Nn2c(C(C)C)nc3ccc(Br)cc3c2=O)cc2c1OCO2. The van der Waals surface area contributed by atoms with Gasteiger partial charge in [-0.25, -0.2) is 4.98 Å². The molecule has 4 rings (SSSR count). The molecule has 1 aliphatic rings. The summed E-state index contributed by atoms with van der Waals surface area (Å²) in [7, 11) is 1.56. The summed E-state index contributed by atoms with van der Waals surface area (Å²) in [5, 5.41) is 4.93. The average molecular weight is 444 g/mol. The fourth-order valence-corrected chi connectivity index (χ4v) is 3.36. The molecule has 0 N–H and O–H groups in total. The van der Waals surface area contributed by atoms with Crippen molar-refractivity contribution >= 4 is 33.0 Å².